The Kier molecular flexibility index (Phi) is 6.69. The number of aliphatic hydroxyl groups is 1. The van der Waals surface area contributed by atoms with Crippen LogP contribution in [0.2, 0.25) is 5.02 Å². The van der Waals surface area contributed by atoms with E-state index in [1.54, 1.807) is 43.5 Å². The van der Waals surface area contributed by atoms with E-state index < -0.39 is 11.0 Å². The number of halogens is 1. The Balaban J connectivity index is 1.83. The molecule has 0 saturated carbocycles. The highest BCUT2D eigenvalue weighted by atomic mass is 35.5. The molecule has 3 aromatic rings. The van der Waals surface area contributed by atoms with E-state index >= 15 is 0 Å². The fourth-order valence-electron chi connectivity index (χ4n) is 3.04. The number of anilines is 1. The van der Waals surface area contributed by atoms with Crippen LogP contribution in [0.5, 0.6) is 5.75 Å². The van der Waals surface area contributed by atoms with Crippen LogP contribution in [0.3, 0.4) is 0 Å². The van der Waals surface area contributed by atoms with Crippen LogP contribution in [0.15, 0.2) is 72.8 Å². The summed E-state index contributed by atoms with van der Waals surface area (Å²) in [7, 11) is 1.60. The summed E-state index contributed by atoms with van der Waals surface area (Å²) in [6.07, 6.45) is -0.324. The summed E-state index contributed by atoms with van der Waals surface area (Å²) in [4.78, 5) is 10.4. The number of ether oxygens (including phenoxy) is 1. The molecule has 0 aromatic heterocycles. The number of aliphatic hydroxyl groups excluding tert-OH is 1. The van der Waals surface area contributed by atoms with Gasteiger partial charge in [-0.2, -0.15) is 0 Å². The van der Waals surface area contributed by atoms with Crippen LogP contribution in [-0.4, -0.2) is 17.1 Å². The minimum atomic E-state index is -0.718. The number of nitro benzene ring substituents is 1. The van der Waals surface area contributed by atoms with E-state index in [0.29, 0.717) is 11.4 Å². The molecule has 0 heterocycles. The second kappa shape index (κ2) is 9.41. The lowest BCUT2D eigenvalue weighted by atomic mass is 9.96. The summed E-state index contributed by atoms with van der Waals surface area (Å²) >= 11 is 5.94. The number of nitrogens with zero attached hydrogens (tertiary/aromatic N) is 1. The zero-order valence-electron chi connectivity index (χ0n) is 15.8. The SMILES string of the molecule is COc1ccc(C(CC(O)c2ccc(Cl)cc2)Nc2ccc([N+](=O)[O-])cc2)cc1. The third-order valence-corrected chi connectivity index (χ3v) is 4.90. The highest BCUT2D eigenvalue weighted by Crippen LogP contribution is 2.31. The summed E-state index contributed by atoms with van der Waals surface area (Å²) < 4.78 is 5.22. The van der Waals surface area contributed by atoms with Crippen molar-refractivity contribution in [1.29, 1.82) is 0 Å². The van der Waals surface area contributed by atoms with Crippen molar-refractivity contribution in [3.05, 3.63) is 99.1 Å². The first-order chi connectivity index (χ1) is 14.0. The molecule has 0 bridgehead atoms. The van der Waals surface area contributed by atoms with Crippen molar-refractivity contribution in [3.8, 4) is 5.75 Å². The molecule has 29 heavy (non-hydrogen) atoms. The van der Waals surface area contributed by atoms with Gasteiger partial charge in [-0.05, 0) is 47.5 Å². The van der Waals surface area contributed by atoms with Gasteiger partial charge in [-0.25, -0.2) is 0 Å². The van der Waals surface area contributed by atoms with Gasteiger partial charge in [0.2, 0.25) is 0 Å². The molecule has 150 valence electrons. The fraction of sp³-hybridized carbons (Fsp3) is 0.182. The van der Waals surface area contributed by atoms with Gasteiger partial charge in [-0.1, -0.05) is 35.9 Å². The van der Waals surface area contributed by atoms with Crippen LogP contribution < -0.4 is 10.1 Å². The second-order valence-corrected chi connectivity index (χ2v) is 7.01. The molecule has 0 aliphatic heterocycles. The summed E-state index contributed by atoms with van der Waals surface area (Å²) in [6.45, 7) is 0. The van der Waals surface area contributed by atoms with Crippen molar-refractivity contribution in [1.82, 2.24) is 0 Å². The van der Waals surface area contributed by atoms with Crippen molar-refractivity contribution in [2.24, 2.45) is 0 Å². The van der Waals surface area contributed by atoms with E-state index in [9.17, 15) is 15.2 Å². The highest BCUT2D eigenvalue weighted by Gasteiger charge is 2.19. The van der Waals surface area contributed by atoms with Gasteiger partial charge < -0.3 is 15.2 Å². The molecule has 0 fully saturated rings. The molecule has 0 spiro atoms. The summed E-state index contributed by atoms with van der Waals surface area (Å²) in [5.74, 6) is 0.737. The smallest absolute Gasteiger partial charge is 0.269 e. The number of hydrogen-bond donors (Lipinski definition) is 2. The molecule has 0 aliphatic carbocycles. The Labute approximate surface area is 173 Å². The van der Waals surface area contributed by atoms with E-state index in [-0.39, 0.29) is 11.7 Å². The number of non-ortho nitro benzene ring substituents is 1. The summed E-state index contributed by atoms with van der Waals surface area (Å²) in [5, 5.41) is 25.6. The Bertz CT molecular complexity index is 944. The molecule has 0 radical (unpaired) electrons. The van der Waals surface area contributed by atoms with Crippen LogP contribution in [-0.2, 0) is 0 Å². The molecule has 0 aliphatic rings. The quantitative estimate of drug-likeness (QED) is 0.375. The van der Waals surface area contributed by atoms with Crippen LogP contribution >= 0.6 is 11.6 Å². The minimum Gasteiger partial charge on any atom is -0.497 e. The van der Waals surface area contributed by atoms with Gasteiger partial charge in [-0.3, -0.25) is 10.1 Å². The first kappa shape index (κ1) is 20.6. The van der Waals surface area contributed by atoms with Crippen LogP contribution in [0, 0.1) is 10.1 Å². The molecule has 3 aromatic carbocycles. The number of hydrogen-bond acceptors (Lipinski definition) is 5. The predicted molar refractivity (Wildman–Crippen MR) is 113 cm³/mol. The third kappa shape index (κ3) is 5.47. The van der Waals surface area contributed by atoms with Gasteiger partial charge in [0.25, 0.3) is 5.69 Å². The Morgan fingerprint density at radius 2 is 1.59 bits per heavy atom. The molecule has 0 saturated heterocycles. The second-order valence-electron chi connectivity index (χ2n) is 6.58. The van der Waals surface area contributed by atoms with E-state index in [4.69, 9.17) is 16.3 Å². The summed E-state index contributed by atoms with van der Waals surface area (Å²) in [5.41, 5.74) is 2.47. The van der Waals surface area contributed by atoms with E-state index in [1.165, 1.54) is 12.1 Å². The molecular weight excluding hydrogens is 392 g/mol. The van der Waals surface area contributed by atoms with E-state index in [1.807, 2.05) is 24.3 Å². The zero-order valence-corrected chi connectivity index (χ0v) is 16.5. The Morgan fingerprint density at radius 1 is 1.00 bits per heavy atom. The van der Waals surface area contributed by atoms with Crippen LogP contribution in [0.1, 0.15) is 29.7 Å². The lowest BCUT2D eigenvalue weighted by Crippen LogP contribution is -2.15. The monoisotopic (exact) mass is 412 g/mol. The Hall–Kier alpha value is -3.09. The van der Waals surface area contributed by atoms with Gasteiger partial charge >= 0.3 is 0 Å². The zero-order chi connectivity index (χ0) is 20.8. The van der Waals surface area contributed by atoms with Crippen molar-refractivity contribution < 1.29 is 14.8 Å². The standard InChI is InChI=1S/C22H21ClN2O4/c1-29-20-12-4-15(5-13-20)21(14-22(26)16-2-6-17(23)7-3-16)24-18-8-10-19(11-9-18)25(27)28/h2-13,21-22,24,26H,14H2,1H3. The maximum absolute atomic E-state index is 10.9. The first-order valence-corrected chi connectivity index (χ1v) is 9.42. The molecule has 0 amide bonds. The van der Waals surface area contributed by atoms with E-state index in [0.717, 1.165) is 22.6 Å². The minimum absolute atomic E-state index is 0.0257. The summed E-state index contributed by atoms with van der Waals surface area (Å²) in [6, 6.07) is 20.6. The lowest BCUT2D eigenvalue weighted by molar-refractivity contribution is -0.384. The molecule has 7 heteroatoms. The maximum atomic E-state index is 10.9. The predicted octanol–water partition coefficient (Wildman–Crippen LogP) is 5.53. The van der Waals surface area contributed by atoms with Crippen molar-refractivity contribution in [2.75, 3.05) is 12.4 Å². The topological polar surface area (TPSA) is 84.6 Å². The normalized spacial score (nSPS) is 12.8. The van der Waals surface area contributed by atoms with E-state index in [2.05, 4.69) is 5.32 Å². The number of rotatable bonds is 8. The average molecular weight is 413 g/mol. The van der Waals surface area contributed by atoms with Crippen LogP contribution in [0.25, 0.3) is 0 Å². The lowest BCUT2D eigenvalue weighted by Gasteiger charge is -2.24. The van der Waals surface area contributed by atoms with Crippen molar-refractivity contribution in [2.45, 2.75) is 18.6 Å². The van der Waals surface area contributed by atoms with Crippen molar-refractivity contribution >= 4 is 23.0 Å². The molecule has 6 nitrogen and oxygen atoms in total. The number of nitro groups is 1. The van der Waals surface area contributed by atoms with Gasteiger partial charge in [0, 0.05) is 29.3 Å². The molecular formula is C22H21ClN2O4. The average Bonchev–Trinajstić information content (AvgIpc) is 2.74. The number of benzene rings is 3. The largest absolute Gasteiger partial charge is 0.497 e. The molecule has 2 unspecified atom stereocenters. The number of methoxy groups -OCH3 is 1. The fourth-order valence-corrected chi connectivity index (χ4v) is 3.17. The van der Waals surface area contributed by atoms with Crippen LogP contribution in [0.4, 0.5) is 11.4 Å². The van der Waals surface area contributed by atoms with Crippen molar-refractivity contribution in [3.63, 3.8) is 0 Å². The maximum Gasteiger partial charge on any atom is 0.269 e. The van der Waals surface area contributed by atoms with Gasteiger partial charge in [-0.15, -0.1) is 0 Å². The molecule has 2 atom stereocenters. The van der Waals surface area contributed by atoms with Gasteiger partial charge in [0.05, 0.1) is 24.2 Å². The van der Waals surface area contributed by atoms with Gasteiger partial charge in [0.15, 0.2) is 0 Å². The van der Waals surface area contributed by atoms with Gasteiger partial charge in [0.1, 0.15) is 5.75 Å². The Morgan fingerprint density at radius 3 is 2.14 bits per heavy atom. The first-order valence-electron chi connectivity index (χ1n) is 9.04. The highest BCUT2D eigenvalue weighted by molar-refractivity contribution is 6.30. The number of nitrogens with one attached hydrogen (secondary N) is 1. The molecule has 3 rings (SSSR count). The third-order valence-electron chi connectivity index (χ3n) is 4.65. The molecule has 2 N–H and O–H groups in total.